The van der Waals surface area contributed by atoms with Crippen molar-refractivity contribution < 1.29 is 23.5 Å². The largest absolute Gasteiger partial charge is 0.497 e. The van der Waals surface area contributed by atoms with Crippen LogP contribution in [0.15, 0.2) is 79.0 Å². The molecule has 206 valence electrons. The van der Waals surface area contributed by atoms with E-state index in [0.29, 0.717) is 28.8 Å². The minimum atomic E-state index is -0.647. The topological polar surface area (TPSA) is 85.7 Å². The Balaban J connectivity index is 1.43. The van der Waals surface area contributed by atoms with E-state index in [-0.39, 0.29) is 30.7 Å². The fraction of sp³-hybridized carbons (Fsp3) is 0.233. The molecule has 1 aliphatic heterocycles. The Morgan fingerprint density at radius 1 is 1.15 bits per heavy atom. The smallest absolute Gasteiger partial charge is 0.257 e. The van der Waals surface area contributed by atoms with E-state index in [9.17, 15) is 14.0 Å². The highest BCUT2D eigenvalue weighted by molar-refractivity contribution is 6.30. The van der Waals surface area contributed by atoms with Gasteiger partial charge in [0, 0.05) is 36.0 Å². The number of anilines is 1. The van der Waals surface area contributed by atoms with Crippen molar-refractivity contribution in [3.05, 3.63) is 95.4 Å². The molecule has 8 nitrogen and oxygen atoms in total. The molecule has 0 spiro atoms. The van der Waals surface area contributed by atoms with Gasteiger partial charge in [-0.05, 0) is 49.2 Å². The number of imidazole rings is 1. The zero-order valence-corrected chi connectivity index (χ0v) is 22.6. The number of amides is 2. The molecule has 1 unspecified atom stereocenters. The second kappa shape index (κ2) is 12.3. The number of nitrogens with one attached hydrogen (secondary N) is 1. The SMILES string of the molecule is COc1cccc(-n2cc(-c3ccc(Cl)cc3)nc2NC(=O)CN(CC2CCCO2)C(=O)c2ccccc2F)c1. The number of halogens is 2. The lowest BCUT2D eigenvalue weighted by molar-refractivity contribution is -0.117. The fourth-order valence-corrected chi connectivity index (χ4v) is 4.71. The van der Waals surface area contributed by atoms with Crippen LogP contribution >= 0.6 is 11.6 Å². The molecule has 0 saturated carbocycles. The molecule has 10 heteroatoms. The lowest BCUT2D eigenvalue weighted by Gasteiger charge is -2.25. The first-order chi connectivity index (χ1) is 19.4. The third-order valence-corrected chi connectivity index (χ3v) is 6.85. The minimum absolute atomic E-state index is 0.101. The van der Waals surface area contributed by atoms with E-state index in [1.807, 2.05) is 36.4 Å². The maximum absolute atomic E-state index is 14.5. The van der Waals surface area contributed by atoms with Gasteiger partial charge in [-0.1, -0.05) is 41.9 Å². The Morgan fingerprint density at radius 2 is 1.95 bits per heavy atom. The van der Waals surface area contributed by atoms with Crippen LogP contribution in [-0.2, 0) is 9.53 Å². The predicted molar refractivity (Wildman–Crippen MR) is 150 cm³/mol. The van der Waals surface area contributed by atoms with Crippen LogP contribution in [0, 0.1) is 5.82 Å². The molecule has 1 saturated heterocycles. The van der Waals surface area contributed by atoms with Crippen LogP contribution in [0.2, 0.25) is 5.02 Å². The first kappa shape index (κ1) is 27.4. The number of methoxy groups -OCH3 is 1. The Labute approximate surface area is 236 Å². The van der Waals surface area contributed by atoms with Gasteiger partial charge in [0.05, 0.1) is 30.2 Å². The molecule has 0 bridgehead atoms. The zero-order valence-electron chi connectivity index (χ0n) is 21.8. The zero-order chi connectivity index (χ0) is 28.1. The molecule has 1 fully saturated rings. The molecule has 1 N–H and O–H groups in total. The molecule has 4 aromatic rings. The molecular weight excluding hydrogens is 535 g/mol. The third kappa shape index (κ3) is 6.32. The van der Waals surface area contributed by atoms with Crippen molar-refractivity contribution in [1.82, 2.24) is 14.5 Å². The van der Waals surface area contributed by atoms with E-state index in [1.54, 1.807) is 36.1 Å². The van der Waals surface area contributed by atoms with Crippen molar-refractivity contribution in [3.63, 3.8) is 0 Å². The van der Waals surface area contributed by atoms with Gasteiger partial charge in [-0.3, -0.25) is 19.5 Å². The molecule has 1 aromatic heterocycles. The number of aromatic nitrogens is 2. The highest BCUT2D eigenvalue weighted by atomic mass is 35.5. The van der Waals surface area contributed by atoms with Crippen molar-refractivity contribution in [1.29, 1.82) is 0 Å². The maximum Gasteiger partial charge on any atom is 0.257 e. The fourth-order valence-electron chi connectivity index (χ4n) is 4.58. The first-order valence-electron chi connectivity index (χ1n) is 12.9. The molecule has 2 heterocycles. The van der Waals surface area contributed by atoms with Gasteiger partial charge in [-0.15, -0.1) is 0 Å². The molecule has 0 radical (unpaired) electrons. The van der Waals surface area contributed by atoms with Crippen molar-refractivity contribution in [2.45, 2.75) is 18.9 Å². The summed E-state index contributed by atoms with van der Waals surface area (Å²) < 4.78 is 27.3. The van der Waals surface area contributed by atoms with Gasteiger partial charge in [0.25, 0.3) is 5.91 Å². The summed E-state index contributed by atoms with van der Waals surface area (Å²) in [5.41, 5.74) is 2.02. The van der Waals surface area contributed by atoms with Crippen molar-refractivity contribution >= 4 is 29.4 Å². The van der Waals surface area contributed by atoms with Crippen molar-refractivity contribution in [2.24, 2.45) is 0 Å². The van der Waals surface area contributed by atoms with Gasteiger partial charge >= 0.3 is 0 Å². The lowest BCUT2D eigenvalue weighted by Crippen LogP contribution is -2.42. The van der Waals surface area contributed by atoms with Gasteiger partial charge in [-0.25, -0.2) is 9.37 Å². The number of carbonyl (C=O) groups excluding carboxylic acids is 2. The molecule has 3 aromatic carbocycles. The van der Waals surface area contributed by atoms with Crippen LogP contribution in [0.4, 0.5) is 10.3 Å². The maximum atomic E-state index is 14.5. The van der Waals surface area contributed by atoms with E-state index in [1.165, 1.54) is 23.1 Å². The summed E-state index contributed by atoms with van der Waals surface area (Å²) in [5.74, 6) is -0.832. The van der Waals surface area contributed by atoms with E-state index in [0.717, 1.165) is 18.4 Å². The lowest BCUT2D eigenvalue weighted by atomic mass is 10.1. The van der Waals surface area contributed by atoms with Crippen LogP contribution < -0.4 is 10.1 Å². The van der Waals surface area contributed by atoms with Gasteiger partial charge in [-0.2, -0.15) is 0 Å². The standard InChI is InChI=1S/C30H28ClFN4O4/c1-39-23-7-4-6-22(16-23)36-18-27(20-11-13-21(31)14-12-20)33-30(36)34-28(37)19-35(17-24-8-5-15-40-24)29(38)25-9-2-3-10-26(25)32/h2-4,6-7,9-14,16,18,24H,5,8,15,17,19H2,1H3,(H,33,34,37). The van der Waals surface area contributed by atoms with Gasteiger partial charge in [0.2, 0.25) is 11.9 Å². The Morgan fingerprint density at radius 3 is 2.67 bits per heavy atom. The number of hydrogen-bond acceptors (Lipinski definition) is 5. The number of carbonyl (C=O) groups is 2. The monoisotopic (exact) mass is 562 g/mol. The number of nitrogens with zero attached hydrogens (tertiary/aromatic N) is 3. The normalized spacial score (nSPS) is 14.6. The number of rotatable bonds is 9. The molecule has 1 aliphatic rings. The summed E-state index contributed by atoms with van der Waals surface area (Å²) in [4.78, 5) is 32.7. The molecular formula is C30H28ClFN4O4. The van der Waals surface area contributed by atoms with Crippen LogP contribution in [-0.4, -0.2) is 59.2 Å². The molecule has 40 heavy (non-hydrogen) atoms. The summed E-state index contributed by atoms with van der Waals surface area (Å²) in [5, 5.41) is 3.43. The van der Waals surface area contributed by atoms with Gasteiger partial charge in [0.1, 0.15) is 18.1 Å². The van der Waals surface area contributed by atoms with E-state index in [2.05, 4.69) is 10.3 Å². The Kier molecular flexibility index (Phi) is 8.42. The summed E-state index contributed by atoms with van der Waals surface area (Å²) in [7, 11) is 1.57. The third-order valence-electron chi connectivity index (χ3n) is 6.60. The van der Waals surface area contributed by atoms with E-state index < -0.39 is 17.6 Å². The summed E-state index contributed by atoms with van der Waals surface area (Å²) >= 11 is 6.06. The number of benzene rings is 3. The van der Waals surface area contributed by atoms with Gasteiger partial charge in [0.15, 0.2) is 0 Å². The van der Waals surface area contributed by atoms with Crippen LogP contribution in [0.25, 0.3) is 16.9 Å². The molecule has 1 atom stereocenters. The molecule has 0 aliphatic carbocycles. The quantitative estimate of drug-likeness (QED) is 0.287. The van der Waals surface area contributed by atoms with Crippen LogP contribution in [0.1, 0.15) is 23.2 Å². The van der Waals surface area contributed by atoms with Crippen molar-refractivity contribution in [2.75, 3.05) is 32.1 Å². The van der Waals surface area contributed by atoms with Crippen molar-refractivity contribution in [3.8, 4) is 22.7 Å². The molecule has 5 rings (SSSR count). The Bertz CT molecular complexity index is 1500. The number of hydrogen-bond donors (Lipinski definition) is 1. The molecule has 2 amide bonds. The number of ether oxygens (including phenoxy) is 2. The average Bonchev–Trinajstić information content (AvgIpc) is 3.63. The summed E-state index contributed by atoms with van der Waals surface area (Å²) in [6.07, 6.45) is 3.19. The van der Waals surface area contributed by atoms with Crippen LogP contribution in [0.3, 0.4) is 0 Å². The second-order valence-corrected chi connectivity index (χ2v) is 9.81. The van der Waals surface area contributed by atoms with Crippen LogP contribution in [0.5, 0.6) is 5.75 Å². The van der Waals surface area contributed by atoms with E-state index in [4.69, 9.17) is 21.1 Å². The highest BCUT2D eigenvalue weighted by Gasteiger charge is 2.27. The Hall–Kier alpha value is -4.21. The minimum Gasteiger partial charge on any atom is -0.497 e. The summed E-state index contributed by atoms with van der Waals surface area (Å²) in [6, 6.07) is 20.2. The second-order valence-electron chi connectivity index (χ2n) is 9.38. The highest BCUT2D eigenvalue weighted by Crippen LogP contribution is 2.27. The van der Waals surface area contributed by atoms with Gasteiger partial charge < -0.3 is 14.4 Å². The average molecular weight is 563 g/mol. The predicted octanol–water partition coefficient (Wildman–Crippen LogP) is 5.60. The van der Waals surface area contributed by atoms with E-state index >= 15 is 0 Å². The summed E-state index contributed by atoms with van der Waals surface area (Å²) in [6.45, 7) is 0.444. The first-order valence-corrected chi connectivity index (χ1v) is 13.2.